The first-order valence-corrected chi connectivity index (χ1v) is 11.2. The molecule has 3 amide bonds. The summed E-state index contributed by atoms with van der Waals surface area (Å²) in [5.74, 6) is -0.935. The number of likely N-dealkylation sites (tertiary alicyclic amines) is 1. The first kappa shape index (κ1) is 22.1. The Hall–Kier alpha value is -3.10. The zero-order chi connectivity index (χ0) is 23.0. The van der Waals surface area contributed by atoms with E-state index in [2.05, 4.69) is 15.7 Å². The Bertz CT molecular complexity index is 1050. The van der Waals surface area contributed by atoms with Crippen molar-refractivity contribution in [2.75, 3.05) is 18.4 Å². The molecule has 2 aromatic rings. The summed E-state index contributed by atoms with van der Waals surface area (Å²) in [5, 5.41) is 11.5. The van der Waals surface area contributed by atoms with Gasteiger partial charge >= 0.3 is 6.09 Å². The van der Waals surface area contributed by atoms with E-state index in [9.17, 15) is 14.4 Å². The Labute approximate surface area is 187 Å². The lowest BCUT2D eigenvalue weighted by Gasteiger charge is -2.34. The number of aromatic nitrogens is 2. The number of anilines is 1. The van der Waals surface area contributed by atoms with Gasteiger partial charge in [0.15, 0.2) is 0 Å². The molecule has 0 aliphatic carbocycles. The molecule has 9 nitrogen and oxygen atoms in total. The monoisotopic (exact) mass is 441 g/mol. The molecule has 3 heterocycles. The molecule has 1 unspecified atom stereocenters. The van der Waals surface area contributed by atoms with Crippen LogP contribution in [0.1, 0.15) is 58.1 Å². The van der Waals surface area contributed by atoms with Gasteiger partial charge < -0.3 is 15.0 Å². The van der Waals surface area contributed by atoms with Crippen molar-refractivity contribution in [3.8, 4) is 0 Å². The molecule has 2 N–H and O–H groups in total. The molecule has 0 bridgehead atoms. The molecule has 2 saturated heterocycles. The number of benzene rings is 1. The molecular weight excluding hydrogens is 410 g/mol. The highest BCUT2D eigenvalue weighted by molar-refractivity contribution is 6.02. The molecule has 0 saturated carbocycles. The number of carbonyl (C=O) groups excluding carboxylic acids is 3. The topological polar surface area (TPSA) is 106 Å². The molecule has 1 aromatic carbocycles. The second-order valence-corrected chi connectivity index (χ2v) is 9.65. The molecule has 2 fully saturated rings. The number of piperidine rings is 2. The Kier molecular flexibility index (Phi) is 5.83. The van der Waals surface area contributed by atoms with E-state index in [4.69, 9.17) is 4.74 Å². The molecule has 4 rings (SSSR count). The average Bonchev–Trinajstić information content (AvgIpc) is 3.03. The number of hydrogen-bond donors (Lipinski definition) is 2. The van der Waals surface area contributed by atoms with Gasteiger partial charge in [0.2, 0.25) is 11.8 Å². The van der Waals surface area contributed by atoms with Gasteiger partial charge in [0.25, 0.3) is 0 Å². The van der Waals surface area contributed by atoms with Gasteiger partial charge in [-0.1, -0.05) is 0 Å². The molecule has 1 aromatic heterocycles. The number of nitrogens with zero attached hydrogens (tertiary/aromatic N) is 3. The molecule has 0 radical (unpaired) electrons. The van der Waals surface area contributed by atoms with E-state index in [1.54, 1.807) is 9.58 Å². The van der Waals surface area contributed by atoms with Crippen LogP contribution in [0.3, 0.4) is 0 Å². The highest BCUT2D eigenvalue weighted by Gasteiger charge is 2.32. The van der Waals surface area contributed by atoms with Crippen LogP contribution in [0.15, 0.2) is 18.2 Å². The van der Waals surface area contributed by atoms with Gasteiger partial charge in [-0.25, -0.2) is 4.79 Å². The van der Waals surface area contributed by atoms with E-state index in [0.717, 1.165) is 29.4 Å². The smallest absolute Gasteiger partial charge is 0.410 e. The number of amides is 3. The van der Waals surface area contributed by atoms with Crippen LogP contribution in [0.2, 0.25) is 0 Å². The number of ether oxygens (including phenoxy) is 1. The third-order valence-corrected chi connectivity index (χ3v) is 5.89. The number of fused-ring (bicyclic) bond motifs is 1. The van der Waals surface area contributed by atoms with Crippen molar-refractivity contribution in [3.05, 3.63) is 23.9 Å². The van der Waals surface area contributed by atoms with Crippen molar-refractivity contribution in [3.63, 3.8) is 0 Å². The molecule has 2 atom stereocenters. The van der Waals surface area contributed by atoms with Crippen molar-refractivity contribution in [1.82, 2.24) is 20.0 Å². The Balaban J connectivity index is 1.49. The van der Waals surface area contributed by atoms with Crippen LogP contribution < -0.4 is 10.6 Å². The van der Waals surface area contributed by atoms with Crippen LogP contribution in [0.5, 0.6) is 0 Å². The van der Waals surface area contributed by atoms with E-state index in [1.165, 1.54) is 0 Å². The zero-order valence-electron chi connectivity index (χ0n) is 19.1. The van der Waals surface area contributed by atoms with Crippen LogP contribution in [-0.4, -0.2) is 57.3 Å². The number of hydrogen-bond acceptors (Lipinski definition) is 6. The van der Waals surface area contributed by atoms with Gasteiger partial charge in [0.05, 0.1) is 17.1 Å². The van der Waals surface area contributed by atoms with Crippen LogP contribution in [0, 0.1) is 0 Å². The summed E-state index contributed by atoms with van der Waals surface area (Å²) in [6.07, 6.45) is 2.39. The molecular formula is C23H31N5O4. The minimum atomic E-state index is -0.512. The first-order chi connectivity index (χ1) is 15.1. The molecule has 172 valence electrons. The Morgan fingerprint density at radius 2 is 2.03 bits per heavy atom. The standard InChI is InChI=1S/C23H31N5O4/c1-23(2,3)32-22(31)28-11-5-6-15(13-28)24-14-7-8-16-18(12-14)27(4)26-20(16)17-9-10-19(29)25-21(17)30/h7-8,12,15,17,24H,5-6,9-11,13H2,1-4H3,(H,25,29,30)/t15-,17?/m0/s1. The summed E-state index contributed by atoms with van der Waals surface area (Å²) in [6.45, 7) is 6.90. The van der Waals surface area contributed by atoms with Crippen molar-refractivity contribution in [2.45, 2.75) is 64.0 Å². The van der Waals surface area contributed by atoms with Gasteiger partial charge in [-0.15, -0.1) is 0 Å². The summed E-state index contributed by atoms with van der Waals surface area (Å²) in [7, 11) is 1.85. The van der Waals surface area contributed by atoms with Gasteiger partial charge in [0, 0.05) is 43.7 Å². The van der Waals surface area contributed by atoms with E-state index in [1.807, 2.05) is 46.0 Å². The second kappa shape index (κ2) is 8.44. The average molecular weight is 442 g/mol. The molecule has 9 heteroatoms. The fourth-order valence-electron chi connectivity index (χ4n) is 4.41. The first-order valence-electron chi connectivity index (χ1n) is 11.2. The zero-order valence-corrected chi connectivity index (χ0v) is 19.1. The lowest BCUT2D eigenvalue weighted by atomic mass is 9.93. The van der Waals surface area contributed by atoms with E-state index < -0.39 is 11.5 Å². The van der Waals surface area contributed by atoms with Crippen molar-refractivity contribution < 1.29 is 19.1 Å². The SMILES string of the molecule is Cn1nc(C2CCC(=O)NC2=O)c2ccc(N[C@H]3CCCN(C(=O)OC(C)(C)C)C3)cc21. The highest BCUT2D eigenvalue weighted by Crippen LogP contribution is 2.32. The summed E-state index contributed by atoms with van der Waals surface area (Å²) < 4.78 is 7.29. The normalized spacial score (nSPS) is 22.1. The van der Waals surface area contributed by atoms with Crippen LogP contribution in [0.25, 0.3) is 10.9 Å². The third-order valence-electron chi connectivity index (χ3n) is 5.89. The minimum absolute atomic E-state index is 0.122. The minimum Gasteiger partial charge on any atom is -0.444 e. The lowest BCUT2D eigenvalue weighted by Crippen LogP contribution is -2.46. The number of imide groups is 1. The maximum Gasteiger partial charge on any atom is 0.410 e. The predicted molar refractivity (Wildman–Crippen MR) is 120 cm³/mol. The van der Waals surface area contributed by atoms with Crippen molar-refractivity contribution in [2.24, 2.45) is 7.05 Å². The second-order valence-electron chi connectivity index (χ2n) is 9.65. The maximum absolute atomic E-state index is 12.4. The molecule has 2 aliphatic heterocycles. The van der Waals surface area contributed by atoms with Crippen LogP contribution >= 0.6 is 0 Å². The van der Waals surface area contributed by atoms with Crippen molar-refractivity contribution >= 4 is 34.5 Å². The number of nitrogens with one attached hydrogen (secondary N) is 2. The molecule has 0 spiro atoms. The van der Waals surface area contributed by atoms with Gasteiger partial charge in [-0.05, 0) is 58.2 Å². The fourth-order valence-corrected chi connectivity index (χ4v) is 4.41. The highest BCUT2D eigenvalue weighted by atomic mass is 16.6. The van der Waals surface area contributed by atoms with E-state index >= 15 is 0 Å². The summed E-state index contributed by atoms with van der Waals surface area (Å²) in [6, 6.07) is 6.09. The van der Waals surface area contributed by atoms with Crippen LogP contribution in [0.4, 0.5) is 10.5 Å². The summed E-state index contributed by atoms with van der Waals surface area (Å²) in [5.41, 5.74) is 2.04. The third kappa shape index (κ3) is 4.71. The van der Waals surface area contributed by atoms with Crippen molar-refractivity contribution in [1.29, 1.82) is 0 Å². The van der Waals surface area contributed by atoms with Gasteiger partial charge in [-0.2, -0.15) is 5.10 Å². The number of rotatable bonds is 3. The predicted octanol–water partition coefficient (Wildman–Crippen LogP) is 2.90. The Morgan fingerprint density at radius 1 is 1.25 bits per heavy atom. The lowest BCUT2D eigenvalue weighted by molar-refractivity contribution is -0.134. The molecule has 2 aliphatic rings. The quantitative estimate of drug-likeness (QED) is 0.710. The van der Waals surface area contributed by atoms with Gasteiger partial charge in [-0.3, -0.25) is 19.6 Å². The number of carbonyl (C=O) groups is 3. The molecule has 32 heavy (non-hydrogen) atoms. The maximum atomic E-state index is 12.4. The van der Waals surface area contributed by atoms with Gasteiger partial charge in [0.1, 0.15) is 5.60 Å². The van der Waals surface area contributed by atoms with E-state index in [-0.39, 0.29) is 23.9 Å². The summed E-state index contributed by atoms with van der Waals surface area (Å²) in [4.78, 5) is 38.0. The largest absolute Gasteiger partial charge is 0.444 e. The summed E-state index contributed by atoms with van der Waals surface area (Å²) >= 11 is 0. The van der Waals surface area contributed by atoms with E-state index in [0.29, 0.717) is 31.6 Å². The van der Waals surface area contributed by atoms with Crippen LogP contribution in [-0.2, 0) is 21.4 Å². The number of aryl methyl sites for hydroxylation is 1. The Morgan fingerprint density at radius 3 is 2.75 bits per heavy atom. The fraction of sp³-hybridized carbons (Fsp3) is 0.565.